The second kappa shape index (κ2) is 6.04. The Morgan fingerprint density at radius 3 is 2.87 bits per heavy atom. The number of nitrogens with zero attached hydrogens (tertiary/aromatic N) is 1. The van der Waals surface area contributed by atoms with Gasteiger partial charge >= 0.3 is 0 Å². The Labute approximate surface area is 98.1 Å². The molecule has 15 heavy (non-hydrogen) atoms. The molecule has 0 radical (unpaired) electrons. The van der Waals surface area contributed by atoms with Crippen molar-refractivity contribution in [3.8, 4) is 0 Å². The molecule has 1 unspecified atom stereocenters. The largest absolute Gasteiger partial charge is 0.374 e. The third-order valence-electron chi connectivity index (χ3n) is 2.81. The Morgan fingerprint density at radius 1 is 1.53 bits per heavy atom. The van der Waals surface area contributed by atoms with Crippen molar-refractivity contribution >= 4 is 11.6 Å². The Hall–Kier alpha value is 0.170. The minimum atomic E-state index is -0.000588. The van der Waals surface area contributed by atoms with Crippen LogP contribution >= 0.6 is 11.6 Å². The summed E-state index contributed by atoms with van der Waals surface area (Å²) in [5.41, 5.74) is -0.000588. The number of halogens is 1. The quantitative estimate of drug-likeness (QED) is 0.727. The summed E-state index contributed by atoms with van der Waals surface area (Å²) in [6.07, 6.45) is 0.307. The van der Waals surface area contributed by atoms with Crippen LogP contribution in [-0.2, 0) is 4.74 Å². The summed E-state index contributed by atoms with van der Waals surface area (Å²) in [5, 5.41) is 3.44. The molecular formula is C11H23ClN2O. The molecule has 1 saturated heterocycles. The van der Waals surface area contributed by atoms with Crippen LogP contribution in [0.5, 0.6) is 0 Å². The van der Waals surface area contributed by atoms with Gasteiger partial charge in [-0.15, -0.1) is 11.6 Å². The van der Waals surface area contributed by atoms with Crippen LogP contribution in [0, 0.1) is 0 Å². The summed E-state index contributed by atoms with van der Waals surface area (Å²) in [6.45, 7) is 11.4. The highest BCUT2D eigenvalue weighted by Gasteiger charge is 2.22. The fourth-order valence-electron chi connectivity index (χ4n) is 1.63. The van der Waals surface area contributed by atoms with Gasteiger partial charge in [0.2, 0.25) is 0 Å². The van der Waals surface area contributed by atoms with Gasteiger partial charge in [0.1, 0.15) is 0 Å². The zero-order valence-corrected chi connectivity index (χ0v) is 10.8. The zero-order chi connectivity index (χ0) is 11.3. The Balaban J connectivity index is 2.26. The van der Waals surface area contributed by atoms with Crippen molar-refractivity contribution in [3.05, 3.63) is 0 Å². The molecule has 1 atom stereocenters. The number of hydrogen-bond acceptors (Lipinski definition) is 3. The number of rotatable bonds is 5. The highest BCUT2D eigenvalue weighted by atomic mass is 35.5. The first kappa shape index (κ1) is 13.2. The van der Waals surface area contributed by atoms with Crippen molar-refractivity contribution in [1.82, 2.24) is 10.2 Å². The summed E-state index contributed by atoms with van der Waals surface area (Å²) < 4.78 is 5.70. The molecule has 3 nitrogen and oxygen atoms in total. The van der Waals surface area contributed by atoms with Crippen LogP contribution in [-0.4, -0.2) is 55.2 Å². The second-order valence-electron chi connectivity index (χ2n) is 4.78. The molecule has 0 aromatic carbocycles. The monoisotopic (exact) mass is 234 g/mol. The summed E-state index contributed by atoms with van der Waals surface area (Å²) >= 11 is 5.85. The average Bonchev–Trinajstić information content (AvgIpc) is 2.27. The molecule has 4 heteroatoms. The number of hydrogen-bond donors (Lipinski definition) is 1. The molecule has 0 aromatic rings. The highest BCUT2D eigenvalue weighted by molar-refractivity contribution is 6.18. The number of likely N-dealkylation sites (N-methyl/N-ethyl adjacent to an activating group) is 1. The minimum absolute atomic E-state index is 0.000588. The molecule has 0 spiro atoms. The molecule has 1 aliphatic heterocycles. The maximum atomic E-state index is 5.85. The van der Waals surface area contributed by atoms with E-state index in [-0.39, 0.29) is 5.54 Å². The summed E-state index contributed by atoms with van der Waals surface area (Å²) in [7, 11) is 0. The van der Waals surface area contributed by atoms with E-state index in [1.54, 1.807) is 0 Å². The number of nitrogens with one attached hydrogen (secondary N) is 1. The Kier molecular flexibility index (Phi) is 5.33. The Morgan fingerprint density at radius 2 is 2.27 bits per heavy atom. The van der Waals surface area contributed by atoms with Crippen molar-refractivity contribution in [2.24, 2.45) is 0 Å². The topological polar surface area (TPSA) is 24.5 Å². The fraction of sp³-hybridized carbons (Fsp3) is 1.00. The maximum Gasteiger partial charge on any atom is 0.0826 e. The van der Waals surface area contributed by atoms with Crippen LogP contribution < -0.4 is 5.32 Å². The van der Waals surface area contributed by atoms with E-state index in [1.165, 1.54) is 0 Å². The van der Waals surface area contributed by atoms with E-state index in [2.05, 4.69) is 31.0 Å². The average molecular weight is 235 g/mol. The van der Waals surface area contributed by atoms with Gasteiger partial charge in [0.05, 0.1) is 12.7 Å². The fourth-order valence-corrected chi connectivity index (χ4v) is 1.72. The summed E-state index contributed by atoms with van der Waals surface area (Å²) in [5.74, 6) is 0.622. The molecule has 0 saturated carbocycles. The number of morpholine rings is 1. The van der Waals surface area contributed by atoms with Crippen molar-refractivity contribution in [1.29, 1.82) is 0 Å². The molecular weight excluding hydrogens is 212 g/mol. The lowest BCUT2D eigenvalue weighted by Gasteiger charge is -2.34. The maximum absolute atomic E-state index is 5.85. The molecule has 1 aliphatic rings. The van der Waals surface area contributed by atoms with E-state index >= 15 is 0 Å². The lowest BCUT2D eigenvalue weighted by molar-refractivity contribution is -0.0275. The third-order valence-corrected chi connectivity index (χ3v) is 3.48. The normalized spacial score (nSPS) is 24.4. The number of alkyl halides is 1. The molecule has 0 bridgehead atoms. The lowest BCUT2D eigenvalue weighted by Crippen LogP contribution is -2.51. The van der Waals surface area contributed by atoms with Crippen LogP contribution in [0.1, 0.15) is 20.8 Å². The van der Waals surface area contributed by atoms with Gasteiger partial charge < -0.3 is 10.1 Å². The zero-order valence-electron chi connectivity index (χ0n) is 10.1. The molecule has 0 amide bonds. The van der Waals surface area contributed by atoms with Crippen LogP contribution in [0.4, 0.5) is 0 Å². The van der Waals surface area contributed by atoms with Crippen molar-refractivity contribution < 1.29 is 4.74 Å². The molecule has 0 aliphatic carbocycles. The van der Waals surface area contributed by atoms with E-state index in [1.807, 2.05) is 0 Å². The summed E-state index contributed by atoms with van der Waals surface area (Å²) in [6, 6.07) is 0. The second-order valence-corrected chi connectivity index (χ2v) is 5.05. The SMILES string of the molecule is CCN1CCOC(CNC(C)(C)CCl)C1. The van der Waals surface area contributed by atoms with Gasteiger partial charge in [0, 0.05) is 31.1 Å². The first-order chi connectivity index (χ1) is 7.07. The van der Waals surface area contributed by atoms with Gasteiger partial charge in [-0.2, -0.15) is 0 Å². The van der Waals surface area contributed by atoms with E-state index in [9.17, 15) is 0 Å². The third kappa shape index (κ3) is 4.68. The van der Waals surface area contributed by atoms with Crippen molar-refractivity contribution in [3.63, 3.8) is 0 Å². The first-order valence-corrected chi connectivity index (χ1v) is 6.26. The van der Waals surface area contributed by atoms with Gasteiger partial charge in [-0.25, -0.2) is 0 Å². The van der Waals surface area contributed by atoms with Gasteiger partial charge in [0.15, 0.2) is 0 Å². The van der Waals surface area contributed by atoms with Gasteiger partial charge in [-0.1, -0.05) is 6.92 Å². The lowest BCUT2D eigenvalue weighted by atomic mass is 10.1. The van der Waals surface area contributed by atoms with Crippen LogP contribution in [0.3, 0.4) is 0 Å². The van der Waals surface area contributed by atoms with Gasteiger partial charge in [-0.3, -0.25) is 4.90 Å². The van der Waals surface area contributed by atoms with E-state index < -0.39 is 0 Å². The van der Waals surface area contributed by atoms with E-state index in [4.69, 9.17) is 16.3 Å². The predicted octanol–water partition coefficient (Wildman–Crippen LogP) is 1.31. The van der Waals surface area contributed by atoms with Crippen molar-refractivity contribution in [2.75, 3.05) is 38.7 Å². The molecule has 1 N–H and O–H groups in total. The van der Waals surface area contributed by atoms with Gasteiger partial charge in [0.25, 0.3) is 0 Å². The van der Waals surface area contributed by atoms with E-state index in [0.717, 1.165) is 32.8 Å². The smallest absolute Gasteiger partial charge is 0.0826 e. The molecule has 1 fully saturated rings. The highest BCUT2D eigenvalue weighted by Crippen LogP contribution is 2.08. The van der Waals surface area contributed by atoms with E-state index in [0.29, 0.717) is 12.0 Å². The first-order valence-electron chi connectivity index (χ1n) is 5.72. The number of ether oxygens (including phenoxy) is 1. The molecule has 1 heterocycles. The predicted molar refractivity (Wildman–Crippen MR) is 64.7 cm³/mol. The molecule has 1 rings (SSSR count). The minimum Gasteiger partial charge on any atom is -0.374 e. The molecule has 90 valence electrons. The Bertz CT molecular complexity index is 187. The van der Waals surface area contributed by atoms with Crippen molar-refractivity contribution in [2.45, 2.75) is 32.4 Å². The van der Waals surface area contributed by atoms with Crippen LogP contribution in [0.15, 0.2) is 0 Å². The van der Waals surface area contributed by atoms with Crippen LogP contribution in [0.2, 0.25) is 0 Å². The van der Waals surface area contributed by atoms with Gasteiger partial charge in [-0.05, 0) is 20.4 Å². The summed E-state index contributed by atoms with van der Waals surface area (Å²) in [4.78, 5) is 2.42. The van der Waals surface area contributed by atoms with Crippen LogP contribution in [0.25, 0.3) is 0 Å². The standard InChI is InChI=1S/C11H23ClN2O/c1-4-14-5-6-15-10(8-14)7-13-11(2,3)9-12/h10,13H,4-9H2,1-3H3. The molecule has 0 aromatic heterocycles.